The van der Waals surface area contributed by atoms with Crippen molar-refractivity contribution in [3.63, 3.8) is 0 Å². The first-order valence-corrected chi connectivity index (χ1v) is 16.4. The Morgan fingerprint density at radius 3 is 2.44 bits per heavy atom. The van der Waals surface area contributed by atoms with Crippen LogP contribution in [0.3, 0.4) is 0 Å². The van der Waals surface area contributed by atoms with Gasteiger partial charge in [-0.05, 0) is 38.5 Å². The van der Waals surface area contributed by atoms with Crippen LogP contribution < -0.4 is 20.5 Å². The van der Waals surface area contributed by atoms with Gasteiger partial charge in [0, 0.05) is 45.8 Å². The number of carbonyl (C=O) groups is 2. The van der Waals surface area contributed by atoms with Gasteiger partial charge >= 0.3 is 6.18 Å². The van der Waals surface area contributed by atoms with E-state index in [2.05, 4.69) is 25.3 Å². The number of amides is 2. The van der Waals surface area contributed by atoms with Crippen LogP contribution >= 0.6 is 11.6 Å². The van der Waals surface area contributed by atoms with Gasteiger partial charge in [0.2, 0.25) is 17.3 Å². The highest BCUT2D eigenvalue weighted by atomic mass is 35.5. The van der Waals surface area contributed by atoms with Crippen molar-refractivity contribution in [1.29, 1.82) is 0 Å². The maximum Gasteiger partial charge on any atom is 0.416 e. The number of nitrogens with one attached hydrogen (secondary N) is 1. The highest BCUT2D eigenvalue weighted by molar-refractivity contribution is 6.33. The first-order valence-electron chi connectivity index (χ1n) is 16.0. The van der Waals surface area contributed by atoms with Crippen LogP contribution in [0.25, 0.3) is 11.2 Å². The lowest BCUT2D eigenvalue weighted by Crippen LogP contribution is -2.57. The molecule has 3 aromatic heterocycles. The van der Waals surface area contributed by atoms with Gasteiger partial charge in [0.25, 0.3) is 5.91 Å². The first kappa shape index (κ1) is 38.1. The quantitative estimate of drug-likeness (QED) is 0.226. The minimum absolute atomic E-state index is 0.00966. The van der Waals surface area contributed by atoms with E-state index < -0.39 is 59.7 Å². The molecule has 0 saturated carbocycles. The van der Waals surface area contributed by atoms with E-state index in [9.17, 15) is 41.4 Å². The van der Waals surface area contributed by atoms with Crippen molar-refractivity contribution in [2.75, 3.05) is 48.8 Å². The molecule has 0 radical (unpaired) electrons. The number of aryl methyl sites for hydroxylation is 1. The zero-order chi connectivity index (χ0) is 38.3. The van der Waals surface area contributed by atoms with Gasteiger partial charge in [-0.15, -0.1) is 0 Å². The van der Waals surface area contributed by atoms with Crippen molar-refractivity contribution in [2.24, 2.45) is 0 Å². The van der Waals surface area contributed by atoms with Gasteiger partial charge in [-0.2, -0.15) is 13.2 Å². The van der Waals surface area contributed by atoms with E-state index in [0.29, 0.717) is 24.5 Å². The molecule has 4 aromatic rings. The normalized spacial score (nSPS) is 15.2. The summed E-state index contributed by atoms with van der Waals surface area (Å²) in [5.74, 6) is -4.91. The van der Waals surface area contributed by atoms with Crippen LogP contribution in [0.15, 0.2) is 35.5 Å². The van der Waals surface area contributed by atoms with Gasteiger partial charge in [-0.1, -0.05) is 18.5 Å². The van der Waals surface area contributed by atoms with Crippen LogP contribution in [0.2, 0.25) is 5.02 Å². The van der Waals surface area contributed by atoms with E-state index in [1.54, 1.807) is 30.8 Å². The number of fused-ring (bicyclic) bond motifs is 1. The number of aromatic hydroxyl groups is 1. The lowest BCUT2D eigenvalue weighted by Gasteiger charge is -2.43. The van der Waals surface area contributed by atoms with Gasteiger partial charge in [0.15, 0.2) is 22.6 Å². The Labute approximate surface area is 299 Å². The molecule has 2 amide bonds. The summed E-state index contributed by atoms with van der Waals surface area (Å²) in [7, 11) is 3.36. The predicted octanol–water partition coefficient (Wildman–Crippen LogP) is 4.91. The summed E-state index contributed by atoms with van der Waals surface area (Å²) in [6.07, 6.45) is -2.81. The van der Waals surface area contributed by atoms with E-state index in [-0.39, 0.29) is 65.0 Å². The fourth-order valence-electron chi connectivity index (χ4n) is 6.09. The van der Waals surface area contributed by atoms with Crippen molar-refractivity contribution < 1.29 is 36.6 Å². The van der Waals surface area contributed by atoms with E-state index in [4.69, 9.17) is 11.6 Å². The number of piperazine rings is 1. The highest BCUT2D eigenvalue weighted by Crippen LogP contribution is 2.34. The second-order valence-electron chi connectivity index (χ2n) is 12.6. The Morgan fingerprint density at radius 2 is 1.83 bits per heavy atom. The van der Waals surface area contributed by atoms with Crippen molar-refractivity contribution in [3.8, 4) is 5.75 Å². The van der Waals surface area contributed by atoms with Gasteiger partial charge in [0.1, 0.15) is 24.4 Å². The average molecular weight is 752 g/mol. The summed E-state index contributed by atoms with van der Waals surface area (Å²) in [5.41, 5.74) is -1.64. The maximum atomic E-state index is 14.6. The van der Waals surface area contributed by atoms with Crippen LogP contribution in [0.5, 0.6) is 5.75 Å². The lowest BCUT2D eigenvalue weighted by molar-refractivity contribution is -0.137. The van der Waals surface area contributed by atoms with Crippen molar-refractivity contribution in [2.45, 2.75) is 58.3 Å². The molecule has 1 aliphatic rings. The monoisotopic (exact) mass is 751 g/mol. The molecule has 0 spiro atoms. The third-order valence-electron chi connectivity index (χ3n) is 8.55. The number of nitrogens with zero attached hydrogens (tertiary/aromatic N) is 8. The molecule has 52 heavy (non-hydrogen) atoms. The summed E-state index contributed by atoms with van der Waals surface area (Å²) < 4.78 is 70.3. The molecule has 13 nitrogen and oxygen atoms in total. The molecule has 1 aromatic carbocycles. The summed E-state index contributed by atoms with van der Waals surface area (Å²) in [6, 6.07) is 1.32. The molecule has 2 N–H and O–H groups in total. The minimum Gasteiger partial charge on any atom is -0.504 e. The number of benzene rings is 1. The number of aromatic nitrogens is 5. The second kappa shape index (κ2) is 14.5. The lowest BCUT2D eigenvalue weighted by atomic mass is 10.0. The minimum atomic E-state index is -4.65. The molecule has 4 heterocycles. The molecule has 5 rings (SSSR count). The predicted molar refractivity (Wildman–Crippen MR) is 183 cm³/mol. The zero-order valence-corrected chi connectivity index (χ0v) is 29.5. The summed E-state index contributed by atoms with van der Waals surface area (Å²) in [4.78, 5) is 62.4. The first-order chi connectivity index (χ1) is 24.3. The molecule has 1 unspecified atom stereocenters. The van der Waals surface area contributed by atoms with Crippen LogP contribution in [0.1, 0.15) is 47.7 Å². The molecule has 1 atom stereocenters. The number of hydrogen-bond donors (Lipinski definition) is 2. The van der Waals surface area contributed by atoms with Gasteiger partial charge in [0.05, 0.1) is 34.2 Å². The smallest absolute Gasteiger partial charge is 0.416 e. The molecule has 19 heteroatoms. The Balaban J connectivity index is 1.58. The third-order valence-corrected chi connectivity index (χ3v) is 8.87. The van der Waals surface area contributed by atoms with E-state index in [1.165, 1.54) is 22.6 Å². The standard InChI is InChI=1S/C33H35ClF5N9O4/c1-6-22-27(46-9-10-47(19(14-46)12-32(3,35)36)31(52)26-28(50)17(2)41-16-42-26)29(51)25-30(40-13-23(44-25)45(4)5)48(22)15-24(49)43-21-8-7-18(11-20(21)34)33(37,38)39/h7-8,11,13,16,19,50H,6,9-10,12,14-15H2,1-5H3,(H,43,49). The molecule has 1 aliphatic heterocycles. The van der Waals surface area contributed by atoms with Crippen LogP contribution in [0, 0.1) is 6.92 Å². The SMILES string of the molecule is CCc1c(N2CCN(C(=O)c3ncnc(C)c3O)C(CC(C)(F)F)C2)c(=O)c2nc(N(C)C)cnc2n1CC(=O)Nc1ccc(C(F)(F)F)cc1Cl. The number of hydrogen-bond acceptors (Lipinski definition) is 10. The summed E-state index contributed by atoms with van der Waals surface area (Å²) in [6.45, 7) is 3.02. The number of alkyl halides is 5. The zero-order valence-electron chi connectivity index (χ0n) is 28.7. The maximum absolute atomic E-state index is 14.6. The Hall–Kier alpha value is -5.13. The number of rotatable bonds is 9. The molecule has 278 valence electrons. The van der Waals surface area contributed by atoms with E-state index in [0.717, 1.165) is 18.5 Å². The molecular weight excluding hydrogens is 717 g/mol. The largest absolute Gasteiger partial charge is 0.504 e. The Kier molecular flexibility index (Phi) is 10.6. The topological polar surface area (TPSA) is 150 Å². The molecule has 1 fully saturated rings. The fourth-order valence-corrected chi connectivity index (χ4v) is 6.32. The fraction of sp³-hybridized carbons (Fsp3) is 0.424. The van der Waals surface area contributed by atoms with Gasteiger partial charge in [-0.25, -0.2) is 28.7 Å². The van der Waals surface area contributed by atoms with Crippen LogP contribution in [-0.2, 0) is 23.9 Å². The molecule has 0 aliphatic carbocycles. The van der Waals surface area contributed by atoms with Crippen molar-refractivity contribution in [1.82, 2.24) is 29.4 Å². The Bertz CT molecular complexity index is 2090. The van der Waals surface area contributed by atoms with E-state index >= 15 is 0 Å². The number of carbonyl (C=O) groups excluding carboxylic acids is 2. The number of pyridine rings is 1. The average Bonchev–Trinajstić information content (AvgIpc) is 3.06. The third kappa shape index (κ3) is 7.85. The summed E-state index contributed by atoms with van der Waals surface area (Å²) in [5, 5.41) is 12.6. The van der Waals surface area contributed by atoms with Crippen molar-refractivity contribution >= 4 is 51.8 Å². The van der Waals surface area contributed by atoms with Crippen LogP contribution in [-0.4, -0.2) is 92.0 Å². The van der Waals surface area contributed by atoms with Gasteiger partial charge < -0.3 is 29.7 Å². The van der Waals surface area contributed by atoms with Crippen LogP contribution in [0.4, 0.5) is 39.1 Å². The number of anilines is 3. The second-order valence-corrected chi connectivity index (χ2v) is 13.0. The van der Waals surface area contributed by atoms with Gasteiger partial charge in [-0.3, -0.25) is 14.4 Å². The highest BCUT2D eigenvalue weighted by Gasteiger charge is 2.40. The van der Waals surface area contributed by atoms with E-state index in [1.807, 2.05) is 0 Å². The molecule has 1 saturated heterocycles. The summed E-state index contributed by atoms with van der Waals surface area (Å²) >= 11 is 6.08. The molecule has 0 bridgehead atoms. The van der Waals surface area contributed by atoms with Crippen molar-refractivity contribution in [3.05, 3.63) is 68.6 Å². The Morgan fingerprint density at radius 1 is 1.12 bits per heavy atom. The number of halogens is 6. The molecular formula is C33H35ClF5N9O4.